The molecule has 1 saturated heterocycles. The molecule has 0 N–H and O–H groups in total. The van der Waals surface area contributed by atoms with Crippen molar-refractivity contribution < 1.29 is 9.59 Å². The average Bonchev–Trinajstić information content (AvgIpc) is 2.45. The number of urea groups is 1. The molecule has 0 unspecified atom stereocenters. The van der Waals surface area contributed by atoms with E-state index < -0.39 is 0 Å². The molecule has 13 heavy (non-hydrogen) atoms. The van der Waals surface area contributed by atoms with E-state index in [4.69, 9.17) is 0 Å². The van der Waals surface area contributed by atoms with Gasteiger partial charge in [0.25, 0.3) is 5.91 Å². The Hall–Kier alpha value is -1.32. The van der Waals surface area contributed by atoms with Crippen LogP contribution in [0.4, 0.5) is 4.79 Å². The standard InChI is InChI=1S/C9H14N2O2/c1-4-10-5-6-11(9(10)13)8(12)7(2)3/h2,4-6H2,1,3H3. The largest absolute Gasteiger partial charge is 0.327 e. The molecule has 4 nitrogen and oxygen atoms in total. The molecule has 0 aromatic heterocycles. The van der Waals surface area contributed by atoms with Gasteiger partial charge < -0.3 is 4.90 Å². The van der Waals surface area contributed by atoms with E-state index in [0.29, 0.717) is 25.2 Å². The van der Waals surface area contributed by atoms with E-state index in [-0.39, 0.29) is 11.9 Å². The summed E-state index contributed by atoms with van der Waals surface area (Å²) in [5.74, 6) is -0.263. The van der Waals surface area contributed by atoms with Crippen molar-refractivity contribution in [2.24, 2.45) is 0 Å². The van der Waals surface area contributed by atoms with Crippen molar-refractivity contribution in [3.8, 4) is 0 Å². The van der Waals surface area contributed by atoms with Gasteiger partial charge in [-0.2, -0.15) is 0 Å². The molecule has 3 amide bonds. The van der Waals surface area contributed by atoms with Crippen molar-refractivity contribution in [2.75, 3.05) is 19.6 Å². The Morgan fingerprint density at radius 3 is 2.54 bits per heavy atom. The van der Waals surface area contributed by atoms with Crippen LogP contribution in [0.15, 0.2) is 12.2 Å². The van der Waals surface area contributed by atoms with E-state index in [0.717, 1.165) is 0 Å². The number of rotatable bonds is 2. The maximum absolute atomic E-state index is 11.5. The van der Waals surface area contributed by atoms with E-state index in [9.17, 15) is 9.59 Å². The lowest BCUT2D eigenvalue weighted by Gasteiger charge is -2.15. The van der Waals surface area contributed by atoms with Crippen LogP contribution in [0.5, 0.6) is 0 Å². The fraction of sp³-hybridized carbons (Fsp3) is 0.556. The number of likely N-dealkylation sites (N-methyl/N-ethyl adjacent to an activating group) is 1. The molecule has 0 aromatic rings. The summed E-state index contributed by atoms with van der Waals surface area (Å²) in [6.45, 7) is 8.80. The first-order valence-corrected chi connectivity index (χ1v) is 4.34. The Labute approximate surface area is 77.8 Å². The molecule has 0 atom stereocenters. The molecule has 1 rings (SSSR count). The smallest absolute Gasteiger partial charge is 0.323 e. The van der Waals surface area contributed by atoms with Crippen molar-refractivity contribution >= 4 is 11.9 Å². The highest BCUT2D eigenvalue weighted by Crippen LogP contribution is 2.10. The summed E-state index contributed by atoms with van der Waals surface area (Å²) in [5, 5.41) is 0. The average molecular weight is 182 g/mol. The number of imide groups is 1. The summed E-state index contributed by atoms with van der Waals surface area (Å²) in [5.41, 5.74) is 0.409. The molecule has 0 aliphatic carbocycles. The molecule has 0 spiro atoms. The predicted molar refractivity (Wildman–Crippen MR) is 49.2 cm³/mol. The molecule has 1 fully saturated rings. The lowest BCUT2D eigenvalue weighted by Crippen LogP contribution is -2.36. The van der Waals surface area contributed by atoms with Crippen LogP contribution in [0, 0.1) is 0 Å². The summed E-state index contributed by atoms with van der Waals surface area (Å²) >= 11 is 0. The van der Waals surface area contributed by atoms with Crippen LogP contribution in [-0.4, -0.2) is 41.4 Å². The van der Waals surface area contributed by atoms with Gasteiger partial charge in [-0.15, -0.1) is 0 Å². The first kappa shape index (κ1) is 9.77. The zero-order chi connectivity index (χ0) is 10.0. The van der Waals surface area contributed by atoms with Gasteiger partial charge >= 0.3 is 6.03 Å². The van der Waals surface area contributed by atoms with Crippen LogP contribution in [-0.2, 0) is 4.79 Å². The SMILES string of the molecule is C=C(C)C(=O)N1CCN(CC)C1=O. The number of amides is 3. The van der Waals surface area contributed by atoms with Gasteiger partial charge in [-0.1, -0.05) is 6.58 Å². The Balaban J connectivity index is 2.70. The normalized spacial score (nSPS) is 16.6. The van der Waals surface area contributed by atoms with Crippen molar-refractivity contribution in [1.82, 2.24) is 9.80 Å². The number of nitrogens with zero attached hydrogens (tertiary/aromatic N) is 2. The second-order valence-electron chi connectivity index (χ2n) is 3.10. The number of carbonyl (C=O) groups is 2. The first-order chi connectivity index (χ1) is 6.07. The fourth-order valence-corrected chi connectivity index (χ4v) is 1.29. The number of carbonyl (C=O) groups excluding carboxylic acids is 2. The van der Waals surface area contributed by atoms with E-state index in [1.165, 1.54) is 4.90 Å². The van der Waals surface area contributed by atoms with Crippen molar-refractivity contribution in [2.45, 2.75) is 13.8 Å². The van der Waals surface area contributed by atoms with Crippen LogP contribution in [0.3, 0.4) is 0 Å². The van der Waals surface area contributed by atoms with Gasteiger partial charge in [-0.25, -0.2) is 4.79 Å². The first-order valence-electron chi connectivity index (χ1n) is 4.34. The van der Waals surface area contributed by atoms with Crippen LogP contribution in [0.1, 0.15) is 13.8 Å². The molecule has 0 aromatic carbocycles. The van der Waals surface area contributed by atoms with Gasteiger partial charge in [0.15, 0.2) is 0 Å². The van der Waals surface area contributed by atoms with E-state index in [2.05, 4.69) is 6.58 Å². The number of hydrogen-bond donors (Lipinski definition) is 0. The summed E-state index contributed by atoms with van der Waals surface area (Å²) in [7, 11) is 0. The fourth-order valence-electron chi connectivity index (χ4n) is 1.29. The van der Waals surface area contributed by atoms with Crippen LogP contribution in [0.25, 0.3) is 0 Å². The van der Waals surface area contributed by atoms with Gasteiger partial charge in [-0.3, -0.25) is 9.69 Å². The molecule has 72 valence electrons. The van der Waals surface area contributed by atoms with Gasteiger partial charge in [0, 0.05) is 25.2 Å². The predicted octanol–water partition coefficient (Wildman–Crippen LogP) is 0.847. The van der Waals surface area contributed by atoms with Gasteiger partial charge in [0.1, 0.15) is 0 Å². The summed E-state index contributed by atoms with van der Waals surface area (Å²) in [6.07, 6.45) is 0. The maximum Gasteiger partial charge on any atom is 0.327 e. The van der Waals surface area contributed by atoms with E-state index >= 15 is 0 Å². The summed E-state index contributed by atoms with van der Waals surface area (Å²) in [6, 6.07) is -0.199. The Bertz CT molecular complexity index is 260. The van der Waals surface area contributed by atoms with Gasteiger partial charge in [0.05, 0.1) is 0 Å². The zero-order valence-electron chi connectivity index (χ0n) is 8.04. The van der Waals surface area contributed by atoms with Crippen LogP contribution in [0.2, 0.25) is 0 Å². The lowest BCUT2D eigenvalue weighted by molar-refractivity contribution is -0.123. The highest BCUT2D eigenvalue weighted by molar-refractivity contribution is 6.03. The van der Waals surface area contributed by atoms with Gasteiger partial charge in [-0.05, 0) is 13.8 Å². The van der Waals surface area contributed by atoms with Crippen LogP contribution < -0.4 is 0 Å². The molecule has 0 saturated carbocycles. The Kier molecular flexibility index (Phi) is 2.70. The van der Waals surface area contributed by atoms with Crippen molar-refractivity contribution in [1.29, 1.82) is 0 Å². The molecule has 0 radical (unpaired) electrons. The quantitative estimate of drug-likeness (QED) is 0.594. The molecule has 1 heterocycles. The van der Waals surface area contributed by atoms with E-state index in [1.54, 1.807) is 11.8 Å². The minimum atomic E-state index is -0.263. The molecular weight excluding hydrogens is 168 g/mol. The Morgan fingerprint density at radius 2 is 2.15 bits per heavy atom. The molecular formula is C9H14N2O2. The highest BCUT2D eigenvalue weighted by atomic mass is 16.2. The third kappa shape index (κ3) is 1.71. The summed E-state index contributed by atoms with van der Waals surface area (Å²) in [4.78, 5) is 25.7. The second kappa shape index (κ2) is 3.60. The topological polar surface area (TPSA) is 40.6 Å². The third-order valence-electron chi connectivity index (χ3n) is 2.09. The van der Waals surface area contributed by atoms with Crippen molar-refractivity contribution in [3.05, 3.63) is 12.2 Å². The monoisotopic (exact) mass is 182 g/mol. The number of hydrogen-bond acceptors (Lipinski definition) is 2. The van der Waals surface area contributed by atoms with Gasteiger partial charge in [0.2, 0.25) is 0 Å². The maximum atomic E-state index is 11.5. The summed E-state index contributed by atoms with van der Waals surface area (Å²) < 4.78 is 0. The third-order valence-corrected chi connectivity index (χ3v) is 2.09. The zero-order valence-corrected chi connectivity index (χ0v) is 8.04. The minimum Gasteiger partial charge on any atom is -0.323 e. The lowest BCUT2D eigenvalue weighted by atomic mass is 10.3. The highest BCUT2D eigenvalue weighted by Gasteiger charge is 2.31. The molecule has 0 bridgehead atoms. The molecule has 1 aliphatic heterocycles. The van der Waals surface area contributed by atoms with E-state index in [1.807, 2.05) is 6.92 Å². The Morgan fingerprint density at radius 1 is 1.54 bits per heavy atom. The van der Waals surface area contributed by atoms with Crippen molar-refractivity contribution in [3.63, 3.8) is 0 Å². The second-order valence-corrected chi connectivity index (χ2v) is 3.10. The molecule has 4 heteroatoms. The minimum absolute atomic E-state index is 0.199. The van der Waals surface area contributed by atoms with Crippen LogP contribution >= 0.6 is 0 Å². The molecule has 1 aliphatic rings.